The van der Waals surface area contributed by atoms with Gasteiger partial charge in [-0.1, -0.05) is 55.7 Å². The fourth-order valence-electron chi connectivity index (χ4n) is 7.09. The van der Waals surface area contributed by atoms with E-state index in [1.165, 1.54) is 31.9 Å². The molecule has 1 aliphatic carbocycles. The lowest BCUT2D eigenvalue weighted by Gasteiger charge is -2.26. The van der Waals surface area contributed by atoms with Gasteiger partial charge in [0.15, 0.2) is 0 Å². The van der Waals surface area contributed by atoms with Crippen LogP contribution in [0.4, 0.5) is 0 Å². The van der Waals surface area contributed by atoms with Crippen molar-refractivity contribution in [2.75, 3.05) is 7.11 Å². The summed E-state index contributed by atoms with van der Waals surface area (Å²) in [6.45, 7) is 8.53. The molecule has 2 heterocycles. The van der Waals surface area contributed by atoms with Crippen molar-refractivity contribution >= 4 is 22.8 Å². The van der Waals surface area contributed by atoms with Crippen LogP contribution in [-0.2, 0) is 33.8 Å². The fraction of sp³-hybridized carbons (Fsp3) is 0.421. The van der Waals surface area contributed by atoms with Crippen LogP contribution in [0.3, 0.4) is 0 Å². The minimum absolute atomic E-state index is 0.253. The number of fused-ring (bicyclic) bond motifs is 5. The van der Waals surface area contributed by atoms with Crippen LogP contribution >= 0.6 is 0 Å². The number of nitrogens with zero attached hydrogens (tertiary/aromatic N) is 1. The number of rotatable bonds is 6. The zero-order valence-electron chi connectivity index (χ0n) is 26.6. The molecule has 0 radical (unpaired) electrons. The van der Waals surface area contributed by atoms with Crippen LogP contribution in [0.1, 0.15) is 92.8 Å². The summed E-state index contributed by atoms with van der Waals surface area (Å²) in [5, 5.41) is 1.14. The van der Waals surface area contributed by atoms with Crippen LogP contribution in [0.25, 0.3) is 22.2 Å². The van der Waals surface area contributed by atoms with Crippen LogP contribution in [0.5, 0.6) is 5.75 Å². The molecule has 6 heteroatoms. The Morgan fingerprint density at radius 2 is 1.70 bits per heavy atom. The van der Waals surface area contributed by atoms with E-state index in [1.54, 1.807) is 0 Å². The third-order valence-corrected chi connectivity index (χ3v) is 9.10. The summed E-state index contributed by atoms with van der Waals surface area (Å²) in [4.78, 5) is 26.7. The summed E-state index contributed by atoms with van der Waals surface area (Å²) in [5.74, 6) is 0.574. The maximum atomic E-state index is 13.5. The van der Waals surface area contributed by atoms with E-state index < -0.39 is 11.0 Å². The van der Waals surface area contributed by atoms with Crippen molar-refractivity contribution in [2.24, 2.45) is 5.41 Å². The van der Waals surface area contributed by atoms with Gasteiger partial charge < -0.3 is 18.8 Å². The Hall–Kier alpha value is -4.06. The topological polar surface area (TPSA) is 66.8 Å². The van der Waals surface area contributed by atoms with Crippen molar-refractivity contribution < 1.29 is 23.8 Å². The van der Waals surface area contributed by atoms with E-state index >= 15 is 0 Å². The second-order valence-electron chi connectivity index (χ2n) is 13.7. The normalized spacial score (nSPS) is 18.7. The fourth-order valence-corrected chi connectivity index (χ4v) is 7.09. The molecule has 6 rings (SSSR count). The molecule has 0 amide bonds. The van der Waals surface area contributed by atoms with Gasteiger partial charge in [0.05, 0.1) is 23.8 Å². The van der Waals surface area contributed by atoms with Gasteiger partial charge in [-0.25, -0.2) is 4.79 Å². The molecule has 4 aromatic rings. The summed E-state index contributed by atoms with van der Waals surface area (Å²) in [6.07, 6.45) is 6.42. The maximum Gasteiger partial charge on any atom is 0.338 e. The van der Waals surface area contributed by atoms with Crippen LogP contribution < -0.4 is 4.74 Å². The number of esters is 2. The number of hydrogen-bond acceptors (Lipinski definition) is 5. The molecule has 1 aromatic heterocycles. The Morgan fingerprint density at radius 1 is 0.955 bits per heavy atom. The smallest absolute Gasteiger partial charge is 0.338 e. The molecule has 6 nitrogen and oxygen atoms in total. The standard InChI is InChI=1S/C38H43NO5/c1-37(2,3)44-35(40)27-16-18-31-32(21-27)39-24-38(4,36(41)42-5)22-28-20-29(43-23-25-12-8-6-9-13-25)17-19-30(28)34(39)33(31)26-14-10-7-11-15-26/h6,8-9,12-13,16-21,26H,7,10-11,14-15,22-24H2,1-5H3. The van der Waals surface area contributed by atoms with Gasteiger partial charge in [-0.05, 0) is 99.9 Å². The third-order valence-electron chi connectivity index (χ3n) is 9.10. The molecule has 2 aliphatic rings. The van der Waals surface area contributed by atoms with Crippen LogP contribution in [0.15, 0.2) is 66.7 Å². The van der Waals surface area contributed by atoms with Gasteiger partial charge in [0.2, 0.25) is 0 Å². The van der Waals surface area contributed by atoms with E-state index in [4.69, 9.17) is 14.2 Å². The zero-order chi connectivity index (χ0) is 31.1. The van der Waals surface area contributed by atoms with Crippen molar-refractivity contribution in [3.8, 4) is 17.0 Å². The summed E-state index contributed by atoms with van der Waals surface area (Å²) in [5.41, 5.74) is 5.78. The van der Waals surface area contributed by atoms with Gasteiger partial charge in [0.25, 0.3) is 0 Å². The second kappa shape index (κ2) is 11.8. The predicted molar refractivity (Wildman–Crippen MR) is 173 cm³/mol. The van der Waals surface area contributed by atoms with Gasteiger partial charge in [-0.15, -0.1) is 0 Å². The van der Waals surface area contributed by atoms with E-state index in [0.29, 0.717) is 31.1 Å². The number of methoxy groups -OCH3 is 1. The number of hydrogen-bond donors (Lipinski definition) is 0. The molecule has 3 aromatic carbocycles. The Kier molecular flexibility index (Phi) is 8.04. The van der Waals surface area contributed by atoms with Crippen molar-refractivity contribution in [1.29, 1.82) is 0 Å². The minimum atomic E-state index is -0.829. The monoisotopic (exact) mass is 593 g/mol. The van der Waals surface area contributed by atoms with Gasteiger partial charge in [0, 0.05) is 23.0 Å². The zero-order valence-corrected chi connectivity index (χ0v) is 26.6. The Labute approximate surface area is 260 Å². The summed E-state index contributed by atoms with van der Waals surface area (Å²) < 4.78 is 19.7. The molecular formula is C38H43NO5. The summed E-state index contributed by atoms with van der Waals surface area (Å²) >= 11 is 0. The molecule has 0 saturated heterocycles. The van der Waals surface area contributed by atoms with Gasteiger partial charge >= 0.3 is 11.9 Å². The Balaban J connectivity index is 1.54. The number of benzene rings is 3. The highest BCUT2D eigenvalue weighted by Gasteiger charge is 2.41. The Bertz CT molecular complexity index is 1690. The van der Waals surface area contributed by atoms with E-state index in [0.717, 1.165) is 51.9 Å². The first kappa shape index (κ1) is 30.0. The summed E-state index contributed by atoms with van der Waals surface area (Å²) in [7, 11) is 1.46. The molecule has 1 unspecified atom stereocenters. The van der Waals surface area contributed by atoms with Crippen molar-refractivity contribution in [1.82, 2.24) is 4.57 Å². The van der Waals surface area contributed by atoms with Gasteiger partial charge in [-0.3, -0.25) is 4.79 Å². The molecule has 1 atom stereocenters. The number of carbonyl (C=O) groups is 2. The van der Waals surface area contributed by atoms with Crippen molar-refractivity contribution in [2.45, 2.75) is 90.9 Å². The average Bonchev–Trinajstić information content (AvgIpc) is 3.24. The van der Waals surface area contributed by atoms with Crippen LogP contribution in [-0.4, -0.2) is 29.2 Å². The summed E-state index contributed by atoms with van der Waals surface area (Å²) in [6, 6.07) is 22.4. The maximum absolute atomic E-state index is 13.5. The van der Waals surface area contributed by atoms with Gasteiger partial charge in [0.1, 0.15) is 18.0 Å². The van der Waals surface area contributed by atoms with E-state index in [1.807, 2.05) is 64.1 Å². The lowest BCUT2D eigenvalue weighted by molar-refractivity contribution is -0.152. The first-order valence-corrected chi connectivity index (χ1v) is 15.8. The highest BCUT2D eigenvalue weighted by atomic mass is 16.6. The molecule has 1 saturated carbocycles. The van der Waals surface area contributed by atoms with Gasteiger partial charge in [-0.2, -0.15) is 0 Å². The number of carbonyl (C=O) groups excluding carboxylic acids is 2. The molecular weight excluding hydrogens is 550 g/mol. The molecule has 230 valence electrons. The molecule has 44 heavy (non-hydrogen) atoms. The minimum Gasteiger partial charge on any atom is -0.489 e. The SMILES string of the molecule is COC(=O)C1(C)Cc2cc(OCc3ccccc3)ccc2-c2c(C3CCCCC3)c3ccc(C(=O)OC(C)(C)C)cc3n2C1. The average molecular weight is 594 g/mol. The molecule has 1 fully saturated rings. The molecule has 1 aliphatic heterocycles. The molecule has 0 bridgehead atoms. The quantitative estimate of drug-likeness (QED) is 0.209. The number of ether oxygens (including phenoxy) is 3. The largest absolute Gasteiger partial charge is 0.489 e. The highest BCUT2D eigenvalue weighted by molar-refractivity contribution is 5.99. The first-order valence-electron chi connectivity index (χ1n) is 15.8. The predicted octanol–water partition coefficient (Wildman–Crippen LogP) is 8.63. The van der Waals surface area contributed by atoms with E-state index in [9.17, 15) is 9.59 Å². The second-order valence-corrected chi connectivity index (χ2v) is 13.7. The van der Waals surface area contributed by atoms with E-state index in [-0.39, 0.29) is 11.9 Å². The first-order chi connectivity index (χ1) is 21.1. The van der Waals surface area contributed by atoms with Crippen LogP contribution in [0, 0.1) is 5.41 Å². The highest BCUT2D eigenvalue weighted by Crippen LogP contribution is 2.49. The van der Waals surface area contributed by atoms with E-state index in [2.05, 4.69) is 34.9 Å². The third kappa shape index (κ3) is 5.87. The lowest BCUT2D eigenvalue weighted by atomic mass is 9.80. The van der Waals surface area contributed by atoms with Crippen molar-refractivity contribution in [3.05, 3.63) is 89.0 Å². The Morgan fingerprint density at radius 3 is 2.41 bits per heavy atom. The van der Waals surface area contributed by atoms with Crippen molar-refractivity contribution in [3.63, 3.8) is 0 Å². The lowest BCUT2D eigenvalue weighted by Crippen LogP contribution is -2.35. The number of aromatic nitrogens is 1. The molecule has 0 spiro atoms. The molecule has 0 N–H and O–H groups in total. The van der Waals surface area contributed by atoms with Crippen LogP contribution in [0.2, 0.25) is 0 Å².